The van der Waals surface area contributed by atoms with Crippen molar-refractivity contribution in [3.05, 3.63) is 41.4 Å². The molecule has 0 saturated heterocycles. The third-order valence-corrected chi connectivity index (χ3v) is 5.90. The Bertz CT molecular complexity index is 1260. The third-order valence-electron chi connectivity index (χ3n) is 4.85. The monoisotopic (exact) mass is 479 g/mol. The smallest absolute Gasteiger partial charge is 0.493 e. The van der Waals surface area contributed by atoms with Crippen LogP contribution in [-0.2, 0) is 6.42 Å². The molecule has 0 aliphatic rings. The molecule has 0 bridgehead atoms. The van der Waals surface area contributed by atoms with Gasteiger partial charge in [-0.1, -0.05) is 18.3 Å². The minimum atomic E-state index is -4.77. The van der Waals surface area contributed by atoms with Crippen LogP contribution >= 0.6 is 11.3 Å². The molecule has 0 N–H and O–H groups in total. The Morgan fingerprint density at radius 2 is 1.58 bits per heavy atom. The number of nitrogens with zero attached hydrogens (tertiary/aromatic N) is 3. The Hall–Kier alpha value is -3.47. The number of aryl methyl sites for hydroxylation is 1. The molecular formula is C22H20F3N3O4S. The predicted molar refractivity (Wildman–Crippen MR) is 117 cm³/mol. The lowest BCUT2D eigenvalue weighted by molar-refractivity contribution is -0.274. The number of imidazole rings is 1. The average molecular weight is 479 g/mol. The van der Waals surface area contributed by atoms with Crippen LogP contribution in [-0.4, -0.2) is 42.3 Å². The molecule has 0 radical (unpaired) electrons. The summed E-state index contributed by atoms with van der Waals surface area (Å²) in [5.74, 6) is 1.02. The number of alkyl halides is 3. The molecule has 0 amide bonds. The molecular weight excluding hydrogens is 459 g/mol. The van der Waals surface area contributed by atoms with Gasteiger partial charge >= 0.3 is 6.36 Å². The number of aromatic nitrogens is 3. The third kappa shape index (κ3) is 4.40. The van der Waals surface area contributed by atoms with Crippen LogP contribution in [0.15, 0.2) is 36.4 Å². The second-order valence-electron chi connectivity index (χ2n) is 6.84. The highest BCUT2D eigenvalue weighted by Crippen LogP contribution is 2.43. The van der Waals surface area contributed by atoms with E-state index in [0.29, 0.717) is 44.7 Å². The first kappa shape index (κ1) is 22.7. The molecule has 0 atom stereocenters. The highest BCUT2D eigenvalue weighted by molar-refractivity contribution is 7.16. The molecule has 4 rings (SSSR count). The van der Waals surface area contributed by atoms with Gasteiger partial charge in [0.25, 0.3) is 0 Å². The van der Waals surface area contributed by atoms with E-state index in [0.717, 1.165) is 11.4 Å². The number of hydrogen-bond donors (Lipinski definition) is 0. The van der Waals surface area contributed by atoms with E-state index in [2.05, 4.69) is 9.84 Å². The van der Waals surface area contributed by atoms with Crippen molar-refractivity contribution < 1.29 is 32.1 Å². The Labute approximate surface area is 191 Å². The van der Waals surface area contributed by atoms with Crippen LogP contribution in [0.4, 0.5) is 13.2 Å². The highest BCUT2D eigenvalue weighted by Gasteiger charge is 2.31. The van der Waals surface area contributed by atoms with E-state index in [9.17, 15) is 13.2 Å². The van der Waals surface area contributed by atoms with Crippen molar-refractivity contribution >= 4 is 16.3 Å². The summed E-state index contributed by atoms with van der Waals surface area (Å²) in [6.45, 7) is 1.99. The first-order valence-electron chi connectivity index (χ1n) is 9.83. The standard InChI is InChI=1S/C22H20F3N3O4S/c1-5-17-27-28-19(12-6-8-14(9-7-12)32-22(23,24)25)18(26-21(28)33-17)13-10-15(29-2)20(31-4)16(11-13)30-3/h6-11H,5H2,1-4H3. The highest BCUT2D eigenvalue weighted by atomic mass is 32.1. The first-order valence-corrected chi connectivity index (χ1v) is 10.6. The second kappa shape index (κ2) is 8.81. The summed E-state index contributed by atoms with van der Waals surface area (Å²) in [6, 6.07) is 9.12. The number of rotatable bonds is 7. The lowest BCUT2D eigenvalue weighted by Crippen LogP contribution is -2.16. The molecule has 174 valence electrons. The first-order chi connectivity index (χ1) is 15.8. The zero-order chi connectivity index (χ0) is 23.8. The largest absolute Gasteiger partial charge is 0.573 e. The van der Waals surface area contributed by atoms with Crippen LogP contribution in [0.5, 0.6) is 23.0 Å². The van der Waals surface area contributed by atoms with Crippen LogP contribution in [0.3, 0.4) is 0 Å². The van der Waals surface area contributed by atoms with Gasteiger partial charge in [-0.3, -0.25) is 0 Å². The van der Waals surface area contributed by atoms with E-state index < -0.39 is 6.36 Å². The molecule has 0 saturated carbocycles. The van der Waals surface area contributed by atoms with E-state index in [1.54, 1.807) is 16.6 Å². The van der Waals surface area contributed by atoms with E-state index in [4.69, 9.17) is 19.2 Å². The van der Waals surface area contributed by atoms with Gasteiger partial charge in [0.15, 0.2) is 11.5 Å². The number of halogens is 3. The molecule has 4 aromatic rings. The van der Waals surface area contributed by atoms with Crippen molar-refractivity contribution in [2.75, 3.05) is 21.3 Å². The molecule has 2 heterocycles. The van der Waals surface area contributed by atoms with Gasteiger partial charge in [-0.25, -0.2) is 9.50 Å². The van der Waals surface area contributed by atoms with E-state index in [-0.39, 0.29) is 5.75 Å². The molecule has 33 heavy (non-hydrogen) atoms. The summed E-state index contributed by atoms with van der Waals surface area (Å²) in [7, 11) is 4.54. The van der Waals surface area contributed by atoms with Crippen LogP contribution in [0.25, 0.3) is 27.5 Å². The maximum Gasteiger partial charge on any atom is 0.573 e. The fourth-order valence-corrected chi connectivity index (χ4v) is 4.26. The number of hydrogen-bond acceptors (Lipinski definition) is 7. The van der Waals surface area contributed by atoms with Gasteiger partial charge in [0.2, 0.25) is 10.7 Å². The average Bonchev–Trinajstić information content (AvgIpc) is 3.35. The molecule has 7 nitrogen and oxygen atoms in total. The second-order valence-corrected chi connectivity index (χ2v) is 7.88. The zero-order valence-electron chi connectivity index (χ0n) is 18.2. The van der Waals surface area contributed by atoms with Gasteiger partial charge < -0.3 is 18.9 Å². The van der Waals surface area contributed by atoms with E-state index in [1.165, 1.54) is 56.9 Å². The number of fused-ring (bicyclic) bond motifs is 1. The van der Waals surface area contributed by atoms with Crippen molar-refractivity contribution in [3.8, 4) is 45.5 Å². The van der Waals surface area contributed by atoms with Crippen molar-refractivity contribution in [1.29, 1.82) is 0 Å². The molecule has 2 aromatic heterocycles. The van der Waals surface area contributed by atoms with Gasteiger partial charge in [-0.2, -0.15) is 5.10 Å². The van der Waals surface area contributed by atoms with Crippen LogP contribution < -0.4 is 18.9 Å². The Kier molecular flexibility index (Phi) is 6.07. The maximum absolute atomic E-state index is 12.6. The molecule has 0 aliphatic carbocycles. The van der Waals surface area contributed by atoms with Gasteiger partial charge in [-0.15, -0.1) is 13.2 Å². The van der Waals surface area contributed by atoms with Crippen molar-refractivity contribution in [3.63, 3.8) is 0 Å². The SMILES string of the molecule is CCc1nn2c(-c3ccc(OC(F)(F)F)cc3)c(-c3cc(OC)c(OC)c(OC)c3)nc2s1. The summed E-state index contributed by atoms with van der Waals surface area (Å²) >= 11 is 1.44. The molecule has 0 aliphatic heterocycles. The zero-order valence-corrected chi connectivity index (χ0v) is 19.0. The normalized spacial score (nSPS) is 11.6. The lowest BCUT2D eigenvalue weighted by Gasteiger charge is -2.14. The van der Waals surface area contributed by atoms with Crippen molar-refractivity contribution in [2.24, 2.45) is 0 Å². The molecule has 0 fully saturated rings. The van der Waals surface area contributed by atoms with Crippen LogP contribution in [0.1, 0.15) is 11.9 Å². The maximum atomic E-state index is 12.6. The minimum absolute atomic E-state index is 0.311. The van der Waals surface area contributed by atoms with E-state index >= 15 is 0 Å². The van der Waals surface area contributed by atoms with Gasteiger partial charge in [0.05, 0.1) is 21.3 Å². The molecule has 0 spiro atoms. The quantitative estimate of drug-likeness (QED) is 0.343. The Morgan fingerprint density at radius 1 is 0.939 bits per heavy atom. The Balaban J connectivity index is 1.91. The van der Waals surface area contributed by atoms with Gasteiger partial charge in [0, 0.05) is 11.1 Å². The molecule has 0 unspecified atom stereocenters. The van der Waals surface area contributed by atoms with Crippen molar-refractivity contribution in [1.82, 2.24) is 14.6 Å². The number of ether oxygens (including phenoxy) is 4. The Morgan fingerprint density at radius 3 is 2.09 bits per heavy atom. The lowest BCUT2D eigenvalue weighted by atomic mass is 10.0. The van der Waals surface area contributed by atoms with Crippen molar-refractivity contribution in [2.45, 2.75) is 19.7 Å². The van der Waals surface area contributed by atoms with Gasteiger partial charge in [0.1, 0.15) is 22.1 Å². The fraction of sp³-hybridized carbons (Fsp3) is 0.273. The van der Waals surface area contributed by atoms with Crippen LogP contribution in [0.2, 0.25) is 0 Å². The van der Waals surface area contributed by atoms with E-state index in [1.807, 2.05) is 6.92 Å². The molecule has 11 heteroatoms. The topological polar surface area (TPSA) is 67.1 Å². The molecule has 2 aromatic carbocycles. The van der Waals surface area contributed by atoms with Crippen LogP contribution in [0, 0.1) is 0 Å². The summed E-state index contributed by atoms with van der Waals surface area (Å²) in [6.07, 6.45) is -4.04. The predicted octanol–water partition coefficient (Wildman–Crippen LogP) is 5.61. The summed E-state index contributed by atoms with van der Waals surface area (Å²) in [4.78, 5) is 5.43. The van der Waals surface area contributed by atoms with Gasteiger partial charge in [-0.05, 0) is 42.8 Å². The number of benzene rings is 2. The number of methoxy groups -OCH3 is 3. The minimum Gasteiger partial charge on any atom is -0.493 e. The summed E-state index contributed by atoms with van der Waals surface area (Å²) in [5, 5.41) is 5.51. The fourth-order valence-electron chi connectivity index (χ4n) is 3.42. The summed E-state index contributed by atoms with van der Waals surface area (Å²) in [5.41, 5.74) is 2.48. The summed E-state index contributed by atoms with van der Waals surface area (Å²) < 4.78 is 59.8.